The third-order valence-electron chi connectivity index (χ3n) is 7.97. The summed E-state index contributed by atoms with van der Waals surface area (Å²) in [6.45, 7) is 10.1. The van der Waals surface area contributed by atoms with Crippen LogP contribution in [-0.4, -0.2) is 71.9 Å². The van der Waals surface area contributed by atoms with Gasteiger partial charge in [0, 0.05) is 19.2 Å². The topological polar surface area (TPSA) is 86.4 Å². The molecule has 2 unspecified atom stereocenters. The number of rotatable bonds is 16. The van der Waals surface area contributed by atoms with Crippen LogP contribution in [0.1, 0.15) is 118 Å². The van der Waals surface area contributed by atoms with Gasteiger partial charge < -0.3 is 29.8 Å². The number of fused-ring (bicyclic) bond motifs is 1. The molecule has 0 saturated carbocycles. The summed E-state index contributed by atoms with van der Waals surface area (Å²) >= 11 is 0. The maximum absolute atomic E-state index is 10.9. The van der Waals surface area contributed by atoms with Gasteiger partial charge in [0.05, 0.1) is 6.10 Å². The van der Waals surface area contributed by atoms with Gasteiger partial charge in [-0.2, -0.15) is 0 Å². The minimum atomic E-state index is -1.13. The summed E-state index contributed by atoms with van der Waals surface area (Å²) in [6, 6.07) is 0.324. The zero-order valence-corrected chi connectivity index (χ0v) is 23.0. The summed E-state index contributed by atoms with van der Waals surface area (Å²) in [4.78, 5) is 2.40. The third kappa shape index (κ3) is 7.62. The number of nitrogens with zero attached hydrogens (tertiary/aromatic N) is 1. The summed E-state index contributed by atoms with van der Waals surface area (Å²) in [5.41, 5.74) is 5.99. The van der Waals surface area contributed by atoms with E-state index in [9.17, 15) is 5.11 Å². The number of aliphatic hydroxyl groups excluding tert-OH is 1. The number of unbranched alkanes of at least 4 members (excludes halogenated alkanes) is 9. The SMILES string of the molecule is CCCCCCCCCCCCOC(N1CCCCC1CCN)[C@@]12O[C@@H](C)[C@@H](O)[C@@H]1OC(C)(C)O2. The van der Waals surface area contributed by atoms with Crippen LogP contribution in [0.5, 0.6) is 0 Å². The molecule has 3 saturated heterocycles. The molecule has 3 N–H and O–H groups in total. The molecule has 3 fully saturated rings. The zero-order chi connectivity index (χ0) is 25.3. The minimum absolute atomic E-state index is 0.324. The van der Waals surface area contributed by atoms with Gasteiger partial charge in [0.2, 0.25) is 5.79 Å². The number of hydrogen-bond acceptors (Lipinski definition) is 7. The predicted octanol–water partition coefficient (Wildman–Crippen LogP) is 5.08. The van der Waals surface area contributed by atoms with Gasteiger partial charge in [0.1, 0.15) is 12.2 Å². The van der Waals surface area contributed by atoms with Crippen molar-refractivity contribution in [2.24, 2.45) is 5.73 Å². The largest absolute Gasteiger partial charge is 0.387 e. The monoisotopic (exact) mass is 498 g/mol. The molecule has 0 aliphatic carbocycles. The van der Waals surface area contributed by atoms with Crippen LogP contribution < -0.4 is 5.73 Å². The average molecular weight is 499 g/mol. The molecular weight excluding hydrogens is 444 g/mol. The Morgan fingerprint density at radius 3 is 2.31 bits per heavy atom. The van der Waals surface area contributed by atoms with Crippen molar-refractivity contribution < 1.29 is 24.1 Å². The Kier molecular flexibility index (Phi) is 11.7. The number of likely N-dealkylation sites (tertiary alicyclic amines) is 1. The molecule has 0 bridgehead atoms. The van der Waals surface area contributed by atoms with Gasteiger partial charge in [-0.3, -0.25) is 4.90 Å². The van der Waals surface area contributed by atoms with Gasteiger partial charge in [-0.05, 0) is 53.0 Å². The smallest absolute Gasteiger partial charge is 0.241 e. The standard InChI is InChI=1S/C28H54N2O5/c1-5-6-7-8-9-10-11-12-13-16-21-32-26(30-20-15-14-17-23(30)18-19-29)28-25(24(31)22(2)33-28)34-27(3,4)35-28/h22-26,31H,5-21,29H2,1-4H3/t22-,23?,24+,25-,26?,28+/m0/s1. The lowest BCUT2D eigenvalue weighted by atomic mass is 9.95. The molecule has 3 rings (SSSR count). The summed E-state index contributed by atoms with van der Waals surface area (Å²) in [6.07, 6.45) is 15.1. The molecule has 0 aromatic heterocycles. The van der Waals surface area contributed by atoms with Crippen molar-refractivity contribution in [3.8, 4) is 0 Å². The normalized spacial score (nSPS) is 33.8. The molecule has 7 nitrogen and oxygen atoms in total. The lowest BCUT2D eigenvalue weighted by Gasteiger charge is -2.47. The Balaban J connectivity index is 1.60. The summed E-state index contributed by atoms with van der Waals surface area (Å²) in [5, 5.41) is 10.9. The number of aliphatic hydroxyl groups is 1. The first-order chi connectivity index (χ1) is 16.8. The number of ether oxygens (including phenoxy) is 4. The van der Waals surface area contributed by atoms with E-state index in [2.05, 4.69) is 11.8 Å². The molecule has 3 aliphatic rings. The summed E-state index contributed by atoms with van der Waals surface area (Å²) in [7, 11) is 0. The van der Waals surface area contributed by atoms with E-state index in [-0.39, 0.29) is 6.10 Å². The van der Waals surface area contributed by atoms with E-state index in [0.29, 0.717) is 19.2 Å². The molecule has 0 radical (unpaired) electrons. The van der Waals surface area contributed by atoms with Crippen molar-refractivity contribution in [2.45, 2.75) is 160 Å². The molecule has 0 aromatic carbocycles. The van der Waals surface area contributed by atoms with Crippen LogP contribution in [0.3, 0.4) is 0 Å². The van der Waals surface area contributed by atoms with Crippen LogP contribution in [0.25, 0.3) is 0 Å². The first kappa shape index (κ1) is 29.3. The fourth-order valence-electron chi connectivity index (χ4n) is 6.17. The van der Waals surface area contributed by atoms with Crippen molar-refractivity contribution in [3.05, 3.63) is 0 Å². The van der Waals surface area contributed by atoms with Gasteiger partial charge >= 0.3 is 0 Å². The van der Waals surface area contributed by atoms with Crippen LogP contribution >= 0.6 is 0 Å². The maximum atomic E-state index is 10.9. The fourth-order valence-corrected chi connectivity index (χ4v) is 6.17. The van der Waals surface area contributed by atoms with Crippen molar-refractivity contribution in [3.63, 3.8) is 0 Å². The van der Waals surface area contributed by atoms with Crippen molar-refractivity contribution in [1.82, 2.24) is 4.90 Å². The van der Waals surface area contributed by atoms with E-state index in [1.165, 1.54) is 64.2 Å². The van der Waals surface area contributed by atoms with E-state index in [0.717, 1.165) is 32.2 Å². The second-order valence-electron chi connectivity index (χ2n) is 11.4. The Hall–Kier alpha value is -0.280. The van der Waals surface area contributed by atoms with Crippen LogP contribution in [0.15, 0.2) is 0 Å². The second kappa shape index (κ2) is 14.0. The highest BCUT2D eigenvalue weighted by atomic mass is 16.9. The predicted molar refractivity (Wildman–Crippen MR) is 139 cm³/mol. The molecule has 7 heteroatoms. The Bertz CT molecular complexity index is 604. The molecule has 0 spiro atoms. The van der Waals surface area contributed by atoms with E-state index in [1.807, 2.05) is 20.8 Å². The highest BCUT2D eigenvalue weighted by Gasteiger charge is 2.69. The average Bonchev–Trinajstić information content (AvgIpc) is 3.22. The summed E-state index contributed by atoms with van der Waals surface area (Å²) in [5.74, 6) is -1.98. The maximum Gasteiger partial charge on any atom is 0.241 e. The van der Waals surface area contributed by atoms with Gasteiger partial charge in [-0.25, -0.2) is 0 Å². The number of hydrogen-bond donors (Lipinski definition) is 2. The summed E-state index contributed by atoms with van der Waals surface area (Å²) < 4.78 is 25.8. The van der Waals surface area contributed by atoms with Crippen molar-refractivity contribution >= 4 is 0 Å². The first-order valence-electron chi connectivity index (χ1n) is 14.7. The molecule has 35 heavy (non-hydrogen) atoms. The van der Waals surface area contributed by atoms with Crippen LogP contribution in [-0.2, 0) is 18.9 Å². The molecule has 6 atom stereocenters. The van der Waals surface area contributed by atoms with E-state index in [4.69, 9.17) is 24.7 Å². The van der Waals surface area contributed by atoms with Crippen LogP contribution in [0.2, 0.25) is 0 Å². The van der Waals surface area contributed by atoms with Gasteiger partial charge in [0.25, 0.3) is 0 Å². The highest BCUT2D eigenvalue weighted by molar-refractivity contribution is 5.06. The number of piperidine rings is 1. The lowest BCUT2D eigenvalue weighted by Crippen LogP contribution is -2.63. The molecule has 0 aromatic rings. The molecular formula is C28H54N2O5. The minimum Gasteiger partial charge on any atom is -0.387 e. The van der Waals surface area contributed by atoms with Crippen molar-refractivity contribution in [2.75, 3.05) is 19.7 Å². The van der Waals surface area contributed by atoms with Crippen molar-refractivity contribution in [1.29, 1.82) is 0 Å². The fraction of sp³-hybridized carbons (Fsp3) is 1.00. The highest BCUT2D eigenvalue weighted by Crippen LogP contribution is 2.49. The lowest BCUT2D eigenvalue weighted by molar-refractivity contribution is -0.329. The Labute approximate surface area is 214 Å². The molecule has 206 valence electrons. The molecule has 3 heterocycles. The van der Waals surface area contributed by atoms with Gasteiger partial charge in [-0.1, -0.05) is 71.1 Å². The Morgan fingerprint density at radius 2 is 1.66 bits per heavy atom. The third-order valence-corrected chi connectivity index (χ3v) is 7.97. The van der Waals surface area contributed by atoms with Gasteiger partial charge in [0.15, 0.2) is 12.0 Å². The van der Waals surface area contributed by atoms with Gasteiger partial charge in [-0.15, -0.1) is 0 Å². The second-order valence-corrected chi connectivity index (χ2v) is 11.4. The first-order valence-corrected chi connectivity index (χ1v) is 14.7. The number of nitrogens with two attached hydrogens (primary N) is 1. The zero-order valence-electron chi connectivity index (χ0n) is 23.0. The van der Waals surface area contributed by atoms with Crippen LogP contribution in [0, 0.1) is 0 Å². The quantitative estimate of drug-likeness (QED) is 0.287. The van der Waals surface area contributed by atoms with E-state index < -0.39 is 30.0 Å². The van der Waals surface area contributed by atoms with Crippen LogP contribution in [0.4, 0.5) is 0 Å². The van der Waals surface area contributed by atoms with E-state index in [1.54, 1.807) is 0 Å². The Morgan fingerprint density at radius 1 is 1.00 bits per heavy atom. The van der Waals surface area contributed by atoms with E-state index >= 15 is 0 Å². The molecule has 0 amide bonds. The molecule has 3 aliphatic heterocycles.